The van der Waals surface area contributed by atoms with Crippen molar-refractivity contribution in [3.63, 3.8) is 0 Å². The minimum Gasteiger partial charge on any atom is -0.478 e. The van der Waals surface area contributed by atoms with Gasteiger partial charge in [-0.25, -0.2) is 4.79 Å². The Kier molecular flexibility index (Phi) is 6.61. The molecular formula is C20H21N5O3S. The third-order valence-electron chi connectivity index (χ3n) is 3.93. The van der Waals surface area contributed by atoms with Gasteiger partial charge < -0.3 is 15.0 Å². The van der Waals surface area contributed by atoms with Gasteiger partial charge >= 0.3 is 5.97 Å². The number of amides is 1. The summed E-state index contributed by atoms with van der Waals surface area (Å²) in [5.74, 6) is 0.0398. The second-order valence-electron chi connectivity index (χ2n) is 6.77. The summed E-state index contributed by atoms with van der Waals surface area (Å²) in [5.41, 5.74) is 1.58. The topological polar surface area (TPSA) is 110 Å². The molecule has 3 rings (SSSR count). The van der Waals surface area contributed by atoms with Crippen LogP contribution in [-0.2, 0) is 11.3 Å². The minimum absolute atomic E-state index is 0.157. The number of benzene rings is 1. The number of thioether (sulfide) groups is 1. The van der Waals surface area contributed by atoms with Crippen LogP contribution >= 0.6 is 11.8 Å². The molecule has 0 aliphatic carbocycles. The number of anilines is 1. The fourth-order valence-corrected chi connectivity index (χ4v) is 3.40. The molecule has 0 spiro atoms. The molecule has 1 amide bonds. The Morgan fingerprint density at radius 3 is 2.55 bits per heavy atom. The van der Waals surface area contributed by atoms with Crippen LogP contribution < -0.4 is 5.32 Å². The van der Waals surface area contributed by atoms with E-state index in [-0.39, 0.29) is 17.2 Å². The summed E-state index contributed by atoms with van der Waals surface area (Å²) in [6, 6.07) is 9.80. The normalized spacial score (nSPS) is 10.9. The van der Waals surface area contributed by atoms with Gasteiger partial charge in [0, 0.05) is 30.2 Å². The average molecular weight is 411 g/mol. The van der Waals surface area contributed by atoms with Crippen molar-refractivity contribution in [2.75, 3.05) is 11.1 Å². The number of hydrogen-bond acceptors (Lipinski definition) is 6. The SMILES string of the molecule is CC(C)Cn1c(SCC(=O)Nc2ccc(C(=O)O)cc2)nnc1-c1cccnc1. The summed E-state index contributed by atoms with van der Waals surface area (Å²) in [4.78, 5) is 27.3. The van der Waals surface area contributed by atoms with Crippen molar-refractivity contribution in [2.45, 2.75) is 25.5 Å². The zero-order chi connectivity index (χ0) is 20.8. The van der Waals surface area contributed by atoms with Crippen LogP contribution in [0.5, 0.6) is 0 Å². The van der Waals surface area contributed by atoms with Crippen molar-refractivity contribution in [2.24, 2.45) is 5.92 Å². The number of carbonyl (C=O) groups is 2. The molecule has 1 aromatic carbocycles. The predicted octanol–water partition coefficient (Wildman–Crippen LogP) is 3.43. The number of nitrogens with one attached hydrogen (secondary N) is 1. The number of rotatable bonds is 8. The summed E-state index contributed by atoms with van der Waals surface area (Å²) in [7, 11) is 0. The smallest absolute Gasteiger partial charge is 0.335 e. The molecule has 0 aliphatic heterocycles. The van der Waals surface area contributed by atoms with E-state index in [1.165, 1.54) is 23.9 Å². The molecule has 0 atom stereocenters. The minimum atomic E-state index is -1.01. The lowest BCUT2D eigenvalue weighted by atomic mass is 10.2. The quantitative estimate of drug-likeness (QED) is 0.547. The van der Waals surface area contributed by atoms with Gasteiger partial charge in [0.2, 0.25) is 5.91 Å². The Hall–Kier alpha value is -3.20. The number of hydrogen-bond donors (Lipinski definition) is 2. The van der Waals surface area contributed by atoms with E-state index in [0.717, 1.165) is 17.9 Å². The number of aromatic carboxylic acids is 1. The summed E-state index contributed by atoms with van der Waals surface area (Å²) >= 11 is 1.30. The molecule has 8 nitrogen and oxygen atoms in total. The lowest BCUT2D eigenvalue weighted by molar-refractivity contribution is -0.113. The molecule has 9 heteroatoms. The van der Waals surface area contributed by atoms with Gasteiger partial charge in [0.25, 0.3) is 0 Å². The van der Waals surface area contributed by atoms with E-state index in [4.69, 9.17) is 5.11 Å². The zero-order valence-electron chi connectivity index (χ0n) is 16.1. The second kappa shape index (κ2) is 9.33. The maximum Gasteiger partial charge on any atom is 0.335 e. The molecule has 0 aliphatic rings. The first kappa shape index (κ1) is 20.5. The summed E-state index contributed by atoms with van der Waals surface area (Å²) in [5, 5.41) is 20.9. The van der Waals surface area contributed by atoms with E-state index in [1.807, 2.05) is 16.7 Å². The predicted molar refractivity (Wildman–Crippen MR) is 111 cm³/mol. The molecule has 0 bridgehead atoms. The van der Waals surface area contributed by atoms with E-state index in [1.54, 1.807) is 24.5 Å². The molecule has 29 heavy (non-hydrogen) atoms. The first-order chi connectivity index (χ1) is 13.9. The van der Waals surface area contributed by atoms with E-state index in [2.05, 4.69) is 34.3 Å². The highest BCUT2D eigenvalue weighted by molar-refractivity contribution is 7.99. The van der Waals surface area contributed by atoms with Crippen LogP contribution in [0.4, 0.5) is 5.69 Å². The van der Waals surface area contributed by atoms with Gasteiger partial charge in [0.1, 0.15) is 0 Å². The third-order valence-corrected chi connectivity index (χ3v) is 4.90. The van der Waals surface area contributed by atoms with E-state index >= 15 is 0 Å². The van der Waals surface area contributed by atoms with Crippen molar-refractivity contribution in [1.82, 2.24) is 19.7 Å². The van der Waals surface area contributed by atoms with Gasteiger partial charge in [-0.2, -0.15) is 0 Å². The van der Waals surface area contributed by atoms with Crippen LogP contribution in [0.15, 0.2) is 53.9 Å². The maximum absolute atomic E-state index is 12.3. The van der Waals surface area contributed by atoms with E-state index < -0.39 is 5.97 Å². The van der Waals surface area contributed by atoms with Gasteiger partial charge in [0.15, 0.2) is 11.0 Å². The summed E-state index contributed by atoms with van der Waals surface area (Å²) in [6.45, 7) is 4.93. The van der Waals surface area contributed by atoms with Crippen LogP contribution in [0.3, 0.4) is 0 Å². The van der Waals surface area contributed by atoms with Gasteiger partial charge in [-0.1, -0.05) is 25.6 Å². The molecule has 0 unspecified atom stereocenters. The summed E-state index contributed by atoms with van der Waals surface area (Å²) < 4.78 is 2.00. The molecule has 2 N–H and O–H groups in total. The lowest BCUT2D eigenvalue weighted by Crippen LogP contribution is -2.15. The Balaban J connectivity index is 1.68. The van der Waals surface area contributed by atoms with E-state index in [0.29, 0.717) is 16.8 Å². The van der Waals surface area contributed by atoms with Crippen molar-refractivity contribution in [1.29, 1.82) is 0 Å². The first-order valence-corrected chi connectivity index (χ1v) is 10.0. The number of carboxylic acid groups (broad SMARTS) is 1. The van der Waals surface area contributed by atoms with Crippen molar-refractivity contribution in [3.8, 4) is 11.4 Å². The lowest BCUT2D eigenvalue weighted by Gasteiger charge is -2.12. The van der Waals surface area contributed by atoms with Gasteiger partial charge in [-0.15, -0.1) is 10.2 Å². The molecule has 150 valence electrons. The van der Waals surface area contributed by atoms with E-state index in [9.17, 15) is 9.59 Å². The highest BCUT2D eigenvalue weighted by atomic mass is 32.2. The van der Waals surface area contributed by atoms with Gasteiger partial charge in [-0.05, 0) is 42.3 Å². The number of carbonyl (C=O) groups excluding carboxylic acids is 1. The average Bonchev–Trinajstić information content (AvgIpc) is 3.09. The number of nitrogens with zero attached hydrogens (tertiary/aromatic N) is 4. The molecule has 0 fully saturated rings. The van der Waals surface area contributed by atoms with Crippen LogP contribution in [0.1, 0.15) is 24.2 Å². The highest BCUT2D eigenvalue weighted by Crippen LogP contribution is 2.25. The molecule has 3 aromatic rings. The fraction of sp³-hybridized carbons (Fsp3) is 0.250. The highest BCUT2D eigenvalue weighted by Gasteiger charge is 2.17. The molecule has 0 saturated heterocycles. The third kappa shape index (κ3) is 5.41. The zero-order valence-corrected chi connectivity index (χ0v) is 16.9. The van der Waals surface area contributed by atoms with Gasteiger partial charge in [-0.3, -0.25) is 9.78 Å². The van der Waals surface area contributed by atoms with Crippen molar-refractivity contribution >= 4 is 29.3 Å². The van der Waals surface area contributed by atoms with Crippen LogP contribution in [0.25, 0.3) is 11.4 Å². The fourth-order valence-electron chi connectivity index (χ4n) is 2.66. The molecule has 2 heterocycles. The Morgan fingerprint density at radius 2 is 1.93 bits per heavy atom. The Labute approximate surface area is 172 Å². The number of pyridine rings is 1. The standard InChI is InChI=1S/C20H21N5O3S/c1-13(2)11-25-18(15-4-3-9-21-10-15)23-24-20(25)29-12-17(26)22-16-7-5-14(6-8-16)19(27)28/h3-10,13H,11-12H2,1-2H3,(H,22,26)(H,27,28). The molecular weight excluding hydrogens is 390 g/mol. The number of aromatic nitrogens is 4. The number of carboxylic acids is 1. The van der Waals surface area contributed by atoms with Crippen molar-refractivity contribution < 1.29 is 14.7 Å². The molecule has 2 aromatic heterocycles. The molecule has 0 radical (unpaired) electrons. The first-order valence-electron chi connectivity index (χ1n) is 9.03. The van der Waals surface area contributed by atoms with Crippen LogP contribution in [-0.4, -0.2) is 42.5 Å². The largest absolute Gasteiger partial charge is 0.478 e. The Morgan fingerprint density at radius 1 is 1.17 bits per heavy atom. The summed E-state index contributed by atoms with van der Waals surface area (Å²) in [6.07, 6.45) is 3.44. The maximum atomic E-state index is 12.3. The second-order valence-corrected chi connectivity index (χ2v) is 7.71. The van der Waals surface area contributed by atoms with Crippen molar-refractivity contribution in [3.05, 3.63) is 54.4 Å². The Bertz CT molecular complexity index is 987. The van der Waals surface area contributed by atoms with Gasteiger partial charge in [0.05, 0.1) is 11.3 Å². The monoisotopic (exact) mass is 411 g/mol. The van der Waals surface area contributed by atoms with Crippen LogP contribution in [0.2, 0.25) is 0 Å². The molecule has 0 saturated carbocycles. The van der Waals surface area contributed by atoms with Crippen LogP contribution in [0, 0.1) is 5.92 Å².